The van der Waals surface area contributed by atoms with Crippen molar-refractivity contribution in [3.8, 4) is 11.8 Å². The molecule has 0 saturated heterocycles. The van der Waals surface area contributed by atoms with Gasteiger partial charge in [-0.05, 0) is 43.5 Å². The van der Waals surface area contributed by atoms with E-state index in [1.807, 2.05) is 19.1 Å². The Kier molecular flexibility index (Phi) is 4.69. The molecule has 1 saturated carbocycles. The van der Waals surface area contributed by atoms with E-state index in [1.54, 1.807) is 6.07 Å². The summed E-state index contributed by atoms with van der Waals surface area (Å²) in [5.74, 6) is 5.72. The highest BCUT2D eigenvalue weighted by atomic mass is 32.2. The van der Waals surface area contributed by atoms with Crippen LogP contribution in [0.5, 0.6) is 0 Å². The van der Waals surface area contributed by atoms with Crippen LogP contribution in [0.15, 0.2) is 18.2 Å². The number of sulfonamides is 1. The summed E-state index contributed by atoms with van der Waals surface area (Å²) in [6.45, 7) is 2.19. The maximum Gasteiger partial charge on any atom is 0.235 e. The molecular weight excluding hydrogens is 272 g/mol. The van der Waals surface area contributed by atoms with Gasteiger partial charge in [0, 0.05) is 5.56 Å². The SMILES string of the molecule is Cc1cc(C#CCN)ccc1NS(=O)(=O)C1CCCC1. The van der Waals surface area contributed by atoms with Crippen molar-refractivity contribution in [2.24, 2.45) is 5.73 Å². The first-order chi connectivity index (χ1) is 9.53. The highest BCUT2D eigenvalue weighted by Gasteiger charge is 2.28. The minimum Gasteiger partial charge on any atom is -0.320 e. The zero-order valence-electron chi connectivity index (χ0n) is 11.6. The van der Waals surface area contributed by atoms with Crippen LogP contribution in [0.4, 0.5) is 5.69 Å². The topological polar surface area (TPSA) is 72.2 Å². The summed E-state index contributed by atoms with van der Waals surface area (Å²) in [5.41, 5.74) is 7.68. The number of nitrogens with two attached hydrogens (primary N) is 1. The first kappa shape index (κ1) is 14.9. The van der Waals surface area contributed by atoms with Crippen molar-refractivity contribution >= 4 is 15.7 Å². The van der Waals surface area contributed by atoms with E-state index in [1.165, 1.54) is 0 Å². The Hall–Kier alpha value is -1.51. The summed E-state index contributed by atoms with van der Waals surface area (Å²) in [5, 5.41) is -0.251. The van der Waals surface area contributed by atoms with Gasteiger partial charge in [-0.2, -0.15) is 0 Å². The molecule has 2 rings (SSSR count). The van der Waals surface area contributed by atoms with Crippen LogP contribution in [0.2, 0.25) is 0 Å². The van der Waals surface area contributed by atoms with Crippen molar-refractivity contribution in [2.75, 3.05) is 11.3 Å². The van der Waals surface area contributed by atoms with Crippen LogP contribution >= 0.6 is 0 Å². The standard InChI is InChI=1S/C15H20N2O2S/c1-12-11-13(5-4-10-16)8-9-15(12)17-20(18,19)14-6-2-3-7-14/h8-9,11,14,17H,2-3,6-7,10,16H2,1H3. The first-order valence-electron chi connectivity index (χ1n) is 6.84. The summed E-state index contributed by atoms with van der Waals surface area (Å²) in [7, 11) is -3.27. The average molecular weight is 292 g/mol. The molecule has 4 nitrogen and oxygen atoms in total. The van der Waals surface area contributed by atoms with Gasteiger partial charge in [0.1, 0.15) is 0 Å². The van der Waals surface area contributed by atoms with Gasteiger partial charge in [0.15, 0.2) is 0 Å². The maximum atomic E-state index is 12.3. The fourth-order valence-electron chi connectivity index (χ4n) is 2.44. The Labute approximate surface area is 120 Å². The third-order valence-corrected chi connectivity index (χ3v) is 5.41. The van der Waals surface area contributed by atoms with Crippen LogP contribution in [0.3, 0.4) is 0 Å². The third kappa shape index (κ3) is 3.53. The fourth-order valence-corrected chi connectivity index (χ4v) is 4.10. The molecule has 0 radical (unpaired) electrons. The van der Waals surface area contributed by atoms with E-state index < -0.39 is 10.0 Å². The van der Waals surface area contributed by atoms with Gasteiger partial charge in [-0.25, -0.2) is 8.42 Å². The van der Waals surface area contributed by atoms with Gasteiger partial charge >= 0.3 is 0 Å². The summed E-state index contributed by atoms with van der Waals surface area (Å²) in [4.78, 5) is 0. The van der Waals surface area contributed by atoms with Gasteiger partial charge in [0.2, 0.25) is 10.0 Å². The third-order valence-electron chi connectivity index (χ3n) is 3.55. The van der Waals surface area contributed by atoms with Gasteiger partial charge in [-0.1, -0.05) is 24.7 Å². The lowest BCUT2D eigenvalue weighted by Gasteiger charge is -2.15. The molecule has 5 heteroatoms. The number of anilines is 1. The van der Waals surface area contributed by atoms with Crippen LogP contribution in [-0.2, 0) is 10.0 Å². The Bertz CT molecular complexity index is 636. The minimum absolute atomic E-state index is 0.251. The summed E-state index contributed by atoms with van der Waals surface area (Å²) in [6, 6.07) is 5.44. The minimum atomic E-state index is -3.27. The maximum absolute atomic E-state index is 12.3. The van der Waals surface area contributed by atoms with Crippen LogP contribution < -0.4 is 10.5 Å². The Morgan fingerprint density at radius 1 is 1.35 bits per heavy atom. The first-order valence-corrected chi connectivity index (χ1v) is 8.39. The van der Waals surface area contributed by atoms with Crippen molar-refractivity contribution < 1.29 is 8.42 Å². The van der Waals surface area contributed by atoms with Gasteiger partial charge in [-0.3, -0.25) is 4.72 Å². The van der Waals surface area contributed by atoms with Crippen molar-refractivity contribution in [3.63, 3.8) is 0 Å². The molecule has 1 aromatic carbocycles. The molecule has 108 valence electrons. The Morgan fingerprint density at radius 3 is 2.65 bits per heavy atom. The van der Waals surface area contributed by atoms with Gasteiger partial charge in [-0.15, -0.1) is 0 Å². The zero-order valence-corrected chi connectivity index (χ0v) is 12.5. The fraction of sp³-hybridized carbons (Fsp3) is 0.467. The van der Waals surface area contributed by atoms with Crippen molar-refractivity contribution in [3.05, 3.63) is 29.3 Å². The normalized spacial score (nSPS) is 15.7. The lowest BCUT2D eigenvalue weighted by Crippen LogP contribution is -2.25. The van der Waals surface area contributed by atoms with Gasteiger partial charge in [0.25, 0.3) is 0 Å². The molecule has 1 aliphatic rings. The second kappa shape index (κ2) is 6.29. The van der Waals surface area contributed by atoms with Gasteiger partial charge in [0.05, 0.1) is 17.5 Å². The number of hydrogen-bond donors (Lipinski definition) is 2. The van der Waals surface area contributed by atoms with Crippen LogP contribution in [0.1, 0.15) is 36.8 Å². The number of rotatable bonds is 3. The molecule has 0 atom stereocenters. The smallest absolute Gasteiger partial charge is 0.235 e. The molecule has 0 heterocycles. The van der Waals surface area contributed by atoms with Crippen LogP contribution in [-0.4, -0.2) is 20.2 Å². The number of hydrogen-bond acceptors (Lipinski definition) is 3. The van der Waals surface area contributed by atoms with E-state index in [0.717, 1.165) is 36.8 Å². The average Bonchev–Trinajstić information content (AvgIpc) is 2.94. The van der Waals surface area contributed by atoms with E-state index in [4.69, 9.17) is 5.73 Å². The largest absolute Gasteiger partial charge is 0.320 e. The second-order valence-electron chi connectivity index (χ2n) is 5.09. The number of benzene rings is 1. The molecule has 20 heavy (non-hydrogen) atoms. The van der Waals surface area contributed by atoms with E-state index >= 15 is 0 Å². The molecule has 1 aromatic rings. The van der Waals surface area contributed by atoms with Crippen molar-refractivity contribution in [1.82, 2.24) is 0 Å². The molecule has 0 aliphatic heterocycles. The lowest BCUT2D eigenvalue weighted by molar-refractivity contribution is 0.585. The van der Waals surface area contributed by atoms with Crippen LogP contribution in [0.25, 0.3) is 0 Å². The molecule has 3 N–H and O–H groups in total. The monoisotopic (exact) mass is 292 g/mol. The zero-order chi connectivity index (χ0) is 14.6. The summed E-state index contributed by atoms with van der Waals surface area (Å²) < 4.78 is 27.2. The van der Waals surface area contributed by atoms with Crippen molar-refractivity contribution in [2.45, 2.75) is 37.9 Å². The Balaban J connectivity index is 2.17. The van der Waals surface area contributed by atoms with E-state index in [9.17, 15) is 8.42 Å². The summed E-state index contributed by atoms with van der Waals surface area (Å²) >= 11 is 0. The highest BCUT2D eigenvalue weighted by Crippen LogP contribution is 2.27. The second-order valence-corrected chi connectivity index (χ2v) is 7.05. The molecule has 0 unspecified atom stereocenters. The molecule has 1 fully saturated rings. The molecular formula is C15H20N2O2S. The highest BCUT2D eigenvalue weighted by molar-refractivity contribution is 7.93. The number of aryl methyl sites for hydroxylation is 1. The van der Waals surface area contributed by atoms with Crippen molar-refractivity contribution in [1.29, 1.82) is 0 Å². The molecule has 0 bridgehead atoms. The molecule has 0 aromatic heterocycles. The summed E-state index contributed by atoms with van der Waals surface area (Å²) in [6.07, 6.45) is 3.51. The molecule has 1 aliphatic carbocycles. The lowest BCUT2D eigenvalue weighted by atomic mass is 10.1. The van der Waals surface area contributed by atoms with E-state index in [-0.39, 0.29) is 5.25 Å². The predicted molar refractivity (Wildman–Crippen MR) is 81.9 cm³/mol. The molecule has 0 spiro atoms. The van der Waals surface area contributed by atoms with Gasteiger partial charge < -0.3 is 5.73 Å². The van der Waals surface area contributed by atoms with E-state index in [0.29, 0.717) is 12.2 Å². The van der Waals surface area contributed by atoms with Crippen LogP contribution in [0, 0.1) is 18.8 Å². The molecule has 0 amide bonds. The quantitative estimate of drug-likeness (QED) is 0.837. The Morgan fingerprint density at radius 2 is 2.05 bits per heavy atom. The van der Waals surface area contributed by atoms with E-state index in [2.05, 4.69) is 16.6 Å². The predicted octanol–water partition coefficient (Wildman–Crippen LogP) is 1.99. The number of nitrogens with one attached hydrogen (secondary N) is 1.